The number of nitrogens with one attached hydrogen (secondary N) is 1. The van der Waals surface area contributed by atoms with Gasteiger partial charge in [0.1, 0.15) is 0 Å². The third-order valence-electron chi connectivity index (χ3n) is 4.17. The Bertz CT molecular complexity index is 634. The van der Waals surface area contributed by atoms with Crippen LogP contribution in [-0.2, 0) is 24.2 Å². The van der Waals surface area contributed by atoms with Gasteiger partial charge in [-0.3, -0.25) is 4.79 Å². The molecule has 1 aliphatic carbocycles. The second-order valence-electron chi connectivity index (χ2n) is 5.60. The summed E-state index contributed by atoms with van der Waals surface area (Å²) in [5, 5.41) is 3.01. The maximum atomic E-state index is 12.4. The summed E-state index contributed by atoms with van der Waals surface area (Å²) in [5.74, 6) is 0.180. The number of benzene rings is 2. The van der Waals surface area contributed by atoms with Gasteiger partial charge in [0.15, 0.2) is 0 Å². The maximum absolute atomic E-state index is 12.4. The summed E-state index contributed by atoms with van der Waals surface area (Å²) in [5.41, 5.74) is 10.2. The number of amides is 1. The van der Waals surface area contributed by atoms with Gasteiger partial charge in [0.25, 0.3) is 0 Å². The summed E-state index contributed by atoms with van der Waals surface area (Å²) in [4.78, 5) is 12.4. The Balaban J connectivity index is 1.66. The maximum Gasteiger partial charge on any atom is 0.227 e. The van der Waals surface area contributed by atoms with Crippen molar-refractivity contribution in [2.24, 2.45) is 11.7 Å². The lowest BCUT2D eigenvalue weighted by Crippen LogP contribution is -2.28. The van der Waals surface area contributed by atoms with Gasteiger partial charge >= 0.3 is 0 Å². The van der Waals surface area contributed by atoms with Crippen molar-refractivity contribution in [1.82, 2.24) is 0 Å². The molecule has 0 aliphatic heterocycles. The van der Waals surface area contributed by atoms with Crippen molar-refractivity contribution in [3.63, 3.8) is 0 Å². The Morgan fingerprint density at radius 3 is 2.52 bits per heavy atom. The lowest BCUT2D eigenvalue weighted by Gasteiger charge is -2.23. The molecule has 3 N–H and O–H groups in total. The highest BCUT2D eigenvalue weighted by Crippen LogP contribution is 2.26. The molecule has 108 valence electrons. The second-order valence-corrected chi connectivity index (χ2v) is 5.60. The van der Waals surface area contributed by atoms with Crippen LogP contribution in [0.4, 0.5) is 5.69 Å². The van der Waals surface area contributed by atoms with E-state index < -0.39 is 0 Å². The smallest absolute Gasteiger partial charge is 0.227 e. The average Bonchev–Trinajstić information content (AvgIpc) is 2.55. The van der Waals surface area contributed by atoms with Gasteiger partial charge in [0.2, 0.25) is 5.91 Å². The number of aryl methyl sites for hydroxylation is 1. The van der Waals surface area contributed by atoms with E-state index in [0.717, 1.165) is 30.5 Å². The van der Waals surface area contributed by atoms with Crippen molar-refractivity contribution in [2.45, 2.75) is 25.8 Å². The van der Waals surface area contributed by atoms with Crippen LogP contribution in [0.3, 0.4) is 0 Å². The summed E-state index contributed by atoms with van der Waals surface area (Å²) < 4.78 is 0. The zero-order valence-electron chi connectivity index (χ0n) is 12.0. The molecule has 1 unspecified atom stereocenters. The molecule has 2 aromatic carbocycles. The fourth-order valence-electron chi connectivity index (χ4n) is 2.89. The quantitative estimate of drug-likeness (QED) is 0.908. The summed E-state index contributed by atoms with van der Waals surface area (Å²) in [6.45, 7) is 0.521. The molecule has 3 heteroatoms. The van der Waals surface area contributed by atoms with Gasteiger partial charge in [-0.15, -0.1) is 0 Å². The number of nitrogens with two attached hydrogens (primary N) is 1. The van der Waals surface area contributed by atoms with Crippen LogP contribution in [0.15, 0.2) is 48.5 Å². The lowest BCUT2D eigenvalue weighted by molar-refractivity contribution is -0.120. The third-order valence-corrected chi connectivity index (χ3v) is 4.17. The minimum absolute atomic E-state index is 0.0640. The van der Waals surface area contributed by atoms with Gasteiger partial charge in [-0.1, -0.05) is 36.4 Å². The molecule has 0 heterocycles. The summed E-state index contributed by atoms with van der Waals surface area (Å²) in [6, 6.07) is 16.1. The molecule has 3 nitrogen and oxygen atoms in total. The van der Waals surface area contributed by atoms with E-state index in [1.165, 1.54) is 11.1 Å². The van der Waals surface area contributed by atoms with Crippen molar-refractivity contribution in [3.05, 3.63) is 65.2 Å². The van der Waals surface area contributed by atoms with Crippen LogP contribution >= 0.6 is 0 Å². The van der Waals surface area contributed by atoms with Crippen molar-refractivity contribution < 1.29 is 4.79 Å². The Hall–Kier alpha value is -2.13. The van der Waals surface area contributed by atoms with Crippen LogP contribution in [0, 0.1) is 5.92 Å². The number of carbonyl (C=O) groups excluding carboxylic acids is 1. The highest BCUT2D eigenvalue weighted by atomic mass is 16.1. The molecular weight excluding hydrogens is 260 g/mol. The molecule has 0 spiro atoms. The van der Waals surface area contributed by atoms with E-state index in [1.807, 2.05) is 30.3 Å². The predicted octanol–water partition coefficient (Wildman–Crippen LogP) is 2.89. The Labute approximate surface area is 125 Å². The molecule has 2 aromatic rings. The zero-order chi connectivity index (χ0) is 14.7. The number of anilines is 1. The van der Waals surface area contributed by atoms with E-state index in [9.17, 15) is 4.79 Å². The van der Waals surface area contributed by atoms with E-state index in [1.54, 1.807) is 0 Å². The predicted molar refractivity (Wildman–Crippen MR) is 84.9 cm³/mol. The first kappa shape index (κ1) is 13.8. The second kappa shape index (κ2) is 6.10. The van der Waals surface area contributed by atoms with Gasteiger partial charge in [-0.05, 0) is 48.1 Å². The normalized spacial score (nSPS) is 17.1. The van der Waals surface area contributed by atoms with Gasteiger partial charge in [0, 0.05) is 18.2 Å². The summed E-state index contributed by atoms with van der Waals surface area (Å²) in [6.07, 6.45) is 2.74. The van der Waals surface area contributed by atoms with Crippen LogP contribution < -0.4 is 11.1 Å². The largest absolute Gasteiger partial charge is 0.326 e. The van der Waals surface area contributed by atoms with E-state index in [4.69, 9.17) is 5.73 Å². The molecule has 0 radical (unpaired) electrons. The van der Waals surface area contributed by atoms with Gasteiger partial charge in [0.05, 0.1) is 0 Å². The van der Waals surface area contributed by atoms with Crippen molar-refractivity contribution >= 4 is 11.6 Å². The number of carbonyl (C=O) groups is 1. The minimum Gasteiger partial charge on any atom is -0.326 e. The first-order valence-corrected chi connectivity index (χ1v) is 7.43. The number of hydrogen-bond donors (Lipinski definition) is 2. The molecule has 0 aromatic heterocycles. The zero-order valence-corrected chi connectivity index (χ0v) is 12.0. The highest BCUT2D eigenvalue weighted by molar-refractivity contribution is 5.92. The summed E-state index contributed by atoms with van der Waals surface area (Å²) in [7, 11) is 0. The molecule has 3 rings (SSSR count). The summed E-state index contributed by atoms with van der Waals surface area (Å²) >= 11 is 0. The van der Waals surface area contributed by atoms with Crippen LogP contribution in [0.5, 0.6) is 0 Å². The first-order chi connectivity index (χ1) is 10.3. The average molecular weight is 280 g/mol. The number of hydrogen-bond acceptors (Lipinski definition) is 2. The third kappa shape index (κ3) is 3.14. The minimum atomic E-state index is 0.0640. The van der Waals surface area contributed by atoms with Crippen LogP contribution in [0.2, 0.25) is 0 Å². The van der Waals surface area contributed by atoms with Gasteiger partial charge < -0.3 is 11.1 Å². The van der Waals surface area contributed by atoms with E-state index in [-0.39, 0.29) is 11.8 Å². The molecule has 1 aliphatic rings. The molecular formula is C18H20N2O. The molecule has 0 fully saturated rings. The van der Waals surface area contributed by atoms with Gasteiger partial charge in [-0.2, -0.15) is 0 Å². The Kier molecular flexibility index (Phi) is 4.02. The van der Waals surface area contributed by atoms with Gasteiger partial charge in [-0.25, -0.2) is 0 Å². The van der Waals surface area contributed by atoms with E-state index in [2.05, 4.69) is 23.5 Å². The topological polar surface area (TPSA) is 55.1 Å². The van der Waals surface area contributed by atoms with Crippen LogP contribution in [-0.4, -0.2) is 5.91 Å². The number of rotatable bonds is 3. The van der Waals surface area contributed by atoms with Crippen molar-refractivity contribution in [2.75, 3.05) is 5.32 Å². The molecule has 0 bridgehead atoms. The monoisotopic (exact) mass is 280 g/mol. The highest BCUT2D eigenvalue weighted by Gasteiger charge is 2.24. The molecule has 0 saturated carbocycles. The van der Waals surface area contributed by atoms with E-state index >= 15 is 0 Å². The molecule has 1 amide bonds. The van der Waals surface area contributed by atoms with Crippen molar-refractivity contribution in [1.29, 1.82) is 0 Å². The SMILES string of the molecule is NCc1ccc(NC(=O)C2CCc3ccccc3C2)cc1. The van der Waals surface area contributed by atoms with Crippen LogP contribution in [0.1, 0.15) is 23.1 Å². The Morgan fingerprint density at radius 2 is 1.81 bits per heavy atom. The molecule has 21 heavy (non-hydrogen) atoms. The number of fused-ring (bicyclic) bond motifs is 1. The fraction of sp³-hybridized carbons (Fsp3) is 0.278. The van der Waals surface area contributed by atoms with Crippen LogP contribution in [0.25, 0.3) is 0 Å². The van der Waals surface area contributed by atoms with Crippen molar-refractivity contribution in [3.8, 4) is 0 Å². The fourth-order valence-corrected chi connectivity index (χ4v) is 2.89. The molecule has 0 saturated heterocycles. The van der Waals surface area contributed by atoms with E-state index in [0.29, 0.717) is 6.54 Å². The molecule has 1 atom stereocenters. The first-order valence-electron chi connectivity index (χ1n) is 7.43. The standard InChI is InChI=1S/C18H20N2O/c19-12-13-5-9-17(10-6-13)20-18(21)16-8-7-14-3-1-2-4-15(14)11-16/h1-6,9-10,16H,7-8,11-12,19H2,(H,20,21). The lowest BCUT2D eigenvalue weighted by atomic mass is 9.83. The Morgan fingerprint density at radius 1 is 1.10 bits per heavy atom.